The molecule has 6 heterocycles. The summed E-state index contributed by atoms with van der Waals surface area (Å²) < 4.78 is 46.5. The summed E-state index contributed by atoms with van der Waals surface area (Å²) in [6.45, 7) is 10.7. The summed E-state index contributed by atoms with van der Waals surface area (Å²) in [6, 6.07) is 16.4. The quantitative estimate of drug-likeness (QED) is 0.112. The number of aryl methyl sites for hydroxylation is 2. The smallest absolute Gasteiger partial charge is 0.396 e. The van der Waals surface area contributed by atoms with Crippen LogP contribution in [0.1, 0.15) is 96.3 Å². The molecule has 7 aromatic rings. The molecule has 3 N–H and O–H groups in total. The fourth-order valence-corrected chi connectivity index (χ4v) is 13.0. The Balaban J connectivity index is 1.11. The van der Waals surface area contributed by atoms with E-state index in [1.54, 1.807) is 68.3 Å². The minimum absolute atomic E-state index is 0.0106. The lowest BCUT2D eigenvalue weighted by atomic mass is 9.91. The van der Waals surface area contributed by atoms with Gasteiger partial charge in [0.25, 0.3) is 5.91 Å². The van der Waals surface area contributed by atoms with E-state index in [0.717, 1.165) is 23.7 Å². The largest absolute Gasteiger partial charge is 0.438 e. The number of aromatic nitrogens is 7. The number of nitrogens with one attached hydrogen (secondary N) is 2. The summed E-state index contributed by atoms with van der Waals surface area (Å²) in [5, 5.41) is 23.7. The van der Waals surface area contributed by atoms with Crippen molar-refractivity contribution in [2.24, 2.45) is 5.92 Å². The summed E-state index contributed by atoms with van der Waals surface area (Å²) in [6.07, 6.45) is 6.63. The number of halogens is 1. The number of aromatic amines is 1. The van der Waals surface area contributed by atoms with Gasteiger partial charge in [-0.15, -0.1) is 0 Å². The van der Waals surface area contributed by atoms with Gasteiger partial charge < -0.3 is 29.2 Å². The van der Waals surface area contributed by atoms with Crippen LogP contribution in [0.25, 0.3) is 28.1 Å². The molecule has 1 saturated carbocycles. The first-order valence-electron chi connectivity index (χ1n) is 23.0. The molecule has 1 saturated heterocycles. The third-order valence-corrected chi connectivity index (χ3v) is 17.8. The molecule has 350 valence electrons. The van der Waals surface area contributed by atoms with E-state index in [1.165, 1.54) is 14.7 Å². The number of benzene rings is 3. The number of aliphatic hydroxyl groups excluding tert-OH is 1. The number of rotatable bonds is 12. The number of carbonyl (C=O) groups is 1. The fraction of sp³-hybridized carbons (Fsp3) is 0.408. The number of nitrogens with zero attached hydrogens (tertiary/aromatic N) is 7. The lowest BCUT2D eigenvalue weighted by molar-refractivity contribution is 0.0663. The maximum absolute atomic E-state index is 15.5. The van der Waals surface area contributed by atoms with Gasteiger partial charge in [0.15, 0.2) is 5.82 Å². The first-order valence-corrected chi connectivity index (χ1v) is 25.1. The molecule has 16 nitrogen and oxygen atoms in total. The Hall–Kier alpha value is -6.29. The molecule has 4 atom stereocenters. The molecule has 0 bridgehead atoms. The number of H-pyrrole nitrogens is 1. The van der Waals surface area contributed by atoms with Crippen molar-refractivity contribution in [1.82, 2.24) is 38.5 Å². The maximum Gasteiger partial charge on any atom is 0.438 e. The Morgan fingerprint density at radius 3 is 2.40 bits per heavy atom. The van der Waals surface area contributed by atoms with Gasteiger partial charge in [-0.3, -0.25) is 23.4 Å². The highest BCUT2D eigenvalue weighted by molar-refractivity contribution is 7.71. The SMILES string of the molecule is CC[P@@](=O)(CCO)c1ccc(-n2ccn(-c3c4c(nn3-c3cc(C)c(F)c(C)c3)CCN(C(=O)c3cc5cc(C6CCOCC6)ccc5n3[C@@]3(c5noc(=O)[nH]5)C[C@@H]3C)[C@H]4C)c2=O)cc1NC. The van der Waals surface area contributed by atoms with E-state index in [4.69, 9.17) is 14.4 Å². The molecule has 2 aliphatic heterocycles. The van der Waals surface area contributed by atoms with Gasteiger partial charge in [-0.2, -0.15) is 5.10 Å². The van der Waals surface area contributed by atoms with Crippen LogP contribution in [0.4, 0.5) is 10.1 Å². The predicted molar refractivity (Wildman–Crippen MR) is 253 cm³/mol. The van der Waals surface area contributed by atoms with Crippen LogP contribution in [0.3, 0.4) is 0 Å². The van der Waals surface area contributed by atoms with Gasteiger partial charge in [-0.25, -0.2) is 18.7 Å². The van der Waals surface area contributed by atoms with Gasteiger partial charge in [-0.05, 0) is 117 Å². The van der Waals surface area contributed by atoms with Crippen LogP contribution in [0, 0.1) is 25.6 Å². The standard InChI is InChI=1S/C49H55FN9O7P/c1-7-67(64,21-18-60)41-11-9-35(26-38(41)51-6)56-16-17-57(48(56)63)44-42-31(5)55(15-12-37(42)53-59(44)36-22-28(2)43(50)29(3)23-36)45(61)40-25-34-24-33(32-13-19-65-20-14-32)8-10-39(34)58(40)49(27-30(49)4)46-52-47(62)66-54-46/h8-11,16-17,22-26,30-32,51,60H,7,12-15,18-21,27H2,1-6H3,(H,52,54,62)/t30-,31-,49-,67+/m0/s1. The summed E-state index contributed by atoms with van der Waals surface area (Å²) in [4.78, 5) is 47.4. The number of hydrogen-bond donors (Lipinski definition) is 3. The number of anilines is 1. The van der Waals surface area contributed by atoms with Crippen LogP contribution >= 0.6 is 7.14 Å². The Labute approximate surface area is 385 Å². The van der Waals surface area contributed by atoms with Gasteiger partial charge in [0, 0.05) is 85.4 Å². The van der Waals surface area contributed by atoms with Crippen LogP contribution in [0.2, 0.25) is 0 Å². The van der Waals surface area contributed by atoms with E-state index in [9.17, 15) is 19.3 Å². The van der Waals surface area contributed by atoms with Crippen LogP contribution < -0.4 is 22.1 Å². The summed E-state index contributed by atoms with van der Waals surface area (Å²) in [5.41, 5.74) is 5.03. The Kier molecular flexibility index (Phi) is 11.2. The van der Waals surface area contributed by atoms with Crippen molar-refractivity contribution in [3.8, 4) is 17.2 Å². The molecule has 67 heavy (non-hydrogen) atoms. The van der Waals surface area contributed by atoms with Crippen molar-refractivity contribution >= 4 is 34.9 Å². The third-order valence-electron chi connectivity index (χ3n) is 14.6. The van der Waals surface area contributed by atoms with Crippen molar-refractivity contribution in [2.75, 3.05) is 51.1 Å². The maximum atomic E-state index is 15.5. The lowest BCUT2D eigenvalue weighted by Crippen LogP contribution is -2.41. The minimum Gasteiger partial charge on any atom is -0.396 e. The molecule has 10 rings (SSSR count). The molecule has 0 spiro atoms. The summed E-state index contributed by atoms with van der Waals surface area (Å²) >= 11 is 0. The summed E-state index contributed by atoms with van der Waals surface area (Å²) in [7, 11) is -1.19. The first-order chi connectivity index (χ1) is 32.2. The highest BCUT2D eigenvalue weighted by atomic mass is 31.2. The van der Waals surface area contributed by atoms with Crippen LogP contribution in [-0.4, -0.2) is 95.3 Å². The molecule has 0 unspecified atom stereocenters. The van der Waals surface area contributed by atoms with Gasteiger partial charge in [0.1, 0.15) is 30.0 Å². The van der Waals surface area contributed by atoms with Gasteiger partial charge in [-0.1, -0.05) is 25.1 Å². The van der Waals surface area contributed by atoms with Gasteiger partial charge in [0.2, 0.25) is 0 Å². The van der Waals surface area contributed by atoms with E-state index in [2.05, 4.69) is 40.6 Å². The zero-order chi connectivity index (χ0) is 47.1. The van der Waals surface area contributed by atoms with Crippen molar-refractivity contribution in [1.29, 1.82) is 0 Å². The second-order valence-electron chi connectivity index (χ2n) is 18.4. The van der Waals surface area contributed by atoms with E-state index >= 15 is 9.18 Å². The third kappa shape index (κ3) is 7.16. The number of carbonyl (C=O) groups excluding carboxylic acids is 1. The highest BCUT2D eigenvalue weighted by Crippen LogP contribution is 2.56. The van der Waals surface area contributed by atoms with Crippen molar-refractivity contribution in [3.05, 3.63) is 133 Å². The van der Waals surface area contributed by atoms with Crippen LogP contribution in [0.5, 0.6) is 0 Å². The number of ether oxygens (including phenoxy) is 1. The van der Waals surface area contributed by atoms with Gasteiger partial charge >= 0.3 is 11.4 Å². The van der Waals surface area contributed by atoms with E-state index < -0.39 is 30.2 Å². The topological polar surface area (TPSA) is 187 Å². The predicted octanol–water partition coefficient (Wildman–Crippen LogP) is 6.68. The normalized spacial score (nSPS) is 20.6. The van der Waals surface area contributed by atoms with Crippen molar-refractivity contribution in [2.45, 2.75) is 77.8 Å². The van der Waals surface area contributed by atoms with Gasteiger partial charge in [0.05, 0.1) is 29.7 Å². The zero-order valence-corrected chi connectivity index (χ0v) is 39.4. The molecule has 3 aliphatic rings. The molecule has 4 aromatic heterocycles. The molecule has 18 heteroatoms. The molecule has 2 fully saturated rings. The number of fused-ring (bicyclic) bond motifs is 2. The molecule has 3 aromatic carbocycles. The fourth-order valence-electron chi connectivity index (χ4n) is 10.8. The van der Waals surface area contributed by atoms with E-state index in [1.807, 2.05) is 29.4 Å². The Morgan fingerprint density at radius 2 is 1.75 bits per heavy atom. The number of imidazole rings is 1. The molecular weight excluding hydrogens is 877 g/mol. The Bertz CT molecular complexity index is 3240. The van der Waals surface area contributed by atoms with E-state index in [0.29, 0.717) is 107 Å². The zero-order valence-electron chi connectivity index (χ0n) is 38.5. The molecule has 1 amide bonds. The number of amides is 1. The molecule has 0 radical (unpaired) electrons. The van der Waals surface area contributed by atoms with E-state index in [-0.39, 0.29) is 30.4 Å². The average molecular weight is 932 g/mol. The number of hydrogen-bond acceptors (Lipinski definition) is 10. The highest BCUT2D eigenvalue weighted by Gasteiger charge is 2.59. The minimum atomic E-state index is -2.92. The lowest BCUT2D eigenvalue weighted by Gasteiger charge is -2.34. The summed E-state index contributed by atoms with van der Waals surface area (Å²) in [5.74, 6) is -0.143. The van der Waals surface area contributed by atoms with Crippen molar-refractivity contribution < 1.29 is 28.1 Å². The second-order valence-corrected chi connectivity index (χ2v) is 21.7. The second kappa shape index (κ2) is 16.8. The van der Waals surface area contributed by atoms with Crippen LogP contribution in [0.15, 0.2) is 81.1 Å². The number of aliphatic hydroxyl groups is 1. The Morgan fingerprint density at radius 1 is 1.01 bits per heavy atom. The first kappa shape index (κ1) is 44.5. The molecule has 1 aliphatic carbocycles. The van der Waals surface area contributed by atoms with Crippen LogP contribution in [-0.2, 0) is 21.3 Å². The monoisotopic (exact) mass is 931 g/mol. The average Bonchev–Trinajstić information content (AvgIpc) is 3.83. The van der Waals surface area contributed by atoms with Crippen molar-refractivity contribution in [3.63, 3.8) is 0 Å². The molecular formula is C49H55FN9O7P.